The average Bonchev–Trinajstić information content (AvgIpc) is 2.57. The van der Waals surface area contributed by atoms with Gasteiger partial charge in [-0.05, 0) is 30.9 Å². The highest BCUT2D eigenvalue weighted by Gasteiger charge is 2.27. The summed E-state index contributed by atoms with van der Waals surface area (Å²) in [5, 5.41) is 0. The first-order chi connectivity index (χ1) is 12.1. The van der Waals surface area contributed by atoms with E-state index in [9.17, 15) is 21.6 Å². The fourth-order valence-electron chi connectivity index (χ4n) is 2.42. The van der Waals surface area contributed by atoms with Crippen LogP contribution in [0.4, 0.5) is 0 Å². The van der Waals surface area contributed by atoms with Gasteiger partial charge in [0, 0.05) is 12.0 Å². The van der Waals surface area contributed by atoms with Gasteiger partial charge in [-0.3, -0.25) is 0 Å². The topological polar surface area (TPSA) is 107 Å². The van der Waals surface area contributed by atoms with Crippen LogP contribution in [0, 0.1) is 0 Å². The Morgan fingerprint density at radius 2 is 1.85 bits per heavy atom. The number of rotatable bonds is 8. The molecular formula is C17H21NO6S2. The Labute approximate surface area is 153 Å². The second-order valence-electron chi connectivity index (χ2n) is 6.00. The van der Waals surface area contributed by atoms with Crippen molar-refractivity contribution < 1.29 is 26.4 Å². The van der Waals surface area contributed by atoms with Crippen molar-refractivity contribution in [3.63, 3.8) is 0 Å². The molecule has 1 aromatic carbocycles. The van der Waals surface area contributed by atoms with E-state index in [1.165, 1.54) is 13.0 Å². The Morgan fingerprint density at radius 3 is 2.50 bits per heavy atom. The summed E-state index contributed by atoms with van der Waals surface area (Å²) < 4.78 is 55.4. The van der Waals surface area contributed by atoms with Gasteiger partial charge in [-0.15, -0.1) is 4.13 Å². The highest BCUT2D eigenvalue weighted by atomic mass is 32.3. The number of benzene rings is 1. The van der Waals surface area contributed by atoms with Crippen molar-refractivity contribution in [3.8, 4) is 0 Å². The number of hydrogen-bond donors (Lipinski definition) is 1. The molecule has 142 valence electrons. The summed E-state index contributed by atoms with van der Waals surface area (Å²) in [6.45, 7) is 4.75. The molecule has 0 amide bonds. The van der Waals surface area contributed by atoms with Crippen LogP contribution in [-0.2, 0) is 42.4 Å². The monoisotopic (exact) mass is 399 g/mol. The van der Waals surface area contributed by atoms with E-state index in [2.05, 4.69) is 6.58 Å². The number of carbonyl (C=O) groups excluding carboxylic acids is 1. The fourth-order valence-corrected chi connectivity index (χ4v) is 5.66. The molecule has 0 saturated heterocycles. The van der Waals surface area contributed by atoms with Gasteiger partial charge in [0.25, 0.3) is 0 Å². The zero-order valence-electron chi connectivity index (χ0n) is 14.4. The molecule has 0 atom stereocenters. The highest BCUT2D eigenvalue weighted by molar-refractivity contribution is 8.06. The molecule has 1 aliphatic carbocycles. The lowest BCUT2D eigenvalue weighted by Crippen LogP contribution is -2.34. The fraction of sp³-hybridized carbons (Fsp3) is 0.353. The van der Waals surface area contributed by atoms with Gasteiger partial charge in [0.1, 0.15) is 0 Å². The minimum atomic E-state index is -4.15. The summed E-state index contributed by atoms with van der Waals surface area (Å²) in [5.74, 6) is -1.09. The Hall–Kier alpha value is -1.97. The molecule has 0 heterocycles. The summed E-state index contributed by atoms with van der Waals surface area (Å²) in [4.78, 5) is 11.2. The maximum Gasteiger partial charge on any atom is 0.333 e. The number of allylic oxidation sites excluding steroid dienone is 2. The van der Waals surface area contributed by atoms with Crippen molar-refractivity contribution in [2.24, 2.45) is 0 Å². The van der Waals surface area contributed by atoms with Gasteiger partial charge in [-0.25, -0.2) is 21.6 Å². The second kappa shape index (κ2) is 8.15. The average molecular weight is 399 g/mol. The van der Waals surface area contributed by atoms with E-state index in [0.717, 1.165) is 11.1 Å². The van der Waals surface area contributed by atoms with E-state index in [0.29, 0.717) is 6.42 Å². The molecule has 1 N–H and O–H groups in total. The summed E-state index contributed by atoms with van der Waals surface area (Å²) in [6, 6.07) is 7.41. The zero-order valence-corrected chi connectivity index (χ0v) is 16.0. The normalized spacial score (nSPS) is 14.3. The number of nitrogens with one attached hydrogen (secondary N) is 1. The largest absolute Gasteiger partial charge is 0.462 e. The lowest BCUT2D eigenvalue weighted by molar-refractivity contribution is -0.138. The number of ether oxygens (including phenoxy) is 1. The maximum atomic E-state index is 12.4. The van der Waals surface area contributed by atoms with Gasteiger partial charge in [0.2, 0.25) is 20.0 Å². The number of fused-ring (bicyclic) bond motifs is 1. The van der Waals surface area contributed by atoms with Crippen molar-refractivity contribution in [2.45, 2.75) is 26.2 Å². The predicted molar refractivity (Wildman–Crippen MR) is 98.2 cm³/mol. The number of hydrogen-bond acceptors (Lipinski definition) is 6. The Balaban J connectivity index is 1.95. The van der Waals surface area contributed by atoms with Crippen molar-refractivity contribution in [1.82, 2.24) is 4.13 Å². The van der Waals surface area contributed by atoms with Crippen LogP contribution >= 0.6 is 0 Å². The third-order valence-corrected chi connectivity index (χ3v) is 7.47. The van der Waals surface area contributed by atoms with Gasteiger partial charge in [-0.1, -0.05) is 36.9 Å². The van der Waals surface area contributed by atoms with Crippen molar-refractivity contribution in [3.05, 3.63) is 58.5 Å². The van der Waals surface area contributed by atoms with E-state index in [4.69, 9.17) is 4.74 Å². The molecule has 0 unspecified atom stereocenters. The third kappa shape index (κ3) is 5.52. The molecule has 26 heavy (non-hydrogen) atoms. The Kier molecular flexibility index (Phi) is 6.38. The van der Waals surface area contributed by atoms with E-state index >= 15 is 0 Å². The van der Waals surface area contributed by atoms with E-state index in [1.54, 1.807) is 4.13 Å². The number of esters is 1. The molecule has 1 aliphatic rings. The first kappa shape index (κ1) is 20.3. The van der Waals surface area contributed by atoms with Crippen LogP contribution in [0.15, 0.2) is 47.4 Å². The van der Waals surface area contributed by atoms with Crippen LogP contribution < -0.4 is 4.13 Å². The lowest BCUT2D eigenvalue weighted by atomic mass is 9.97. The van der Waals surface area contributed by atoms with Gasteiger partial charge in [0.05, 0.1) is 17.3 Å². The molecule has 0 radical (unpaired) electrons. The first-order valence-corrected chi connectivity index (χ1v) is 11.1. The van der Waals surface area contributed by atoms with Gasteiger partial charge < -0.3 is 4.74 Å². The van der Waals surface area contributed by atoms with E-state index < -0.39 is 31.8 Å². The van der Waals surface area contributed by atoms with Crippen LogP contribution in [0.3, 0.4) is 0 Å². The van der Waals surface area contributed by atoms with Gasteiger partial charge in [0.15, 0.2) is 0 Å². The molecule has 1 aromatic rings. The van der Waals surface area contributed by atoms with E-state index in [1.807, 2.05) is 24.3 Å². The van der Waals surface area contributed by atoms with Crippen molar-refractivity contribution >= 4 is 26.0 Å². The molecule has 0 fully saturated rings. The van der Waals surface area contributed by atoms with Gasteiger partial charge in [-0.2, -0.15) is 0 Å². The van der Waals surface area contributed by atoms with Crippen molar-refractivity contribution in [1.29, 1.82) is 0 Å². The van der Waals surface area contributed by atoms with Crippen LogP contribution in [0.5, 0.6) is 0 Å². The van der Waals surface area contributed by atoms with Crippen LogP contribution in [0.25, 0.3) is 0 Å². The summed E-state index contributed by atoms with van der Waals surface area (Å²) in [7, 11) is -8.23. The highest BCUT2D eigenvalue weighted by Crippen LogP contribution is 2.23. The molecule has 0 spiro atoms. The third-order valence-electron chi connectivity index (χ3n) is 3.75. The van der Waals surface area contributed by atoms with Crippen LogP contribution in [0.1, 0.15) is 24.5 Å². The smallest absolute Gasteiger partial charge is 0.333 e. The minimum absolute atomic E-state index is 0.0221. The lowest BCUT2D eigenvalue weighted by Gasteiger charge is -2.17. The quantitative estimate of drug-likeness (QED) is 0.403. The first-order valence-electron chi connectivity index (χ1n) is 7.95. The van der Waals surface area contributed by atoms with Crippen LogP contribution in [-0.4, -0.2) is 35.2 Å². The molecule has 0 bridgehead atoms. The minimum Gasteiger partial charge on any atom is -0.462 e. The van der Waals surface area contributed by atoms with E-state index in [-0.39, 0.29) is 29.9 Å². The second-order valence-corrected chi connectivity index (χ2v) is 9.83. The number of sulfonamides is 2. The molecule has 0 saturated carbocycles. The molecule has 9 heteroatoms. The van der Waals surface area contributed by atoms with Crippen LogP contribution in [0.2, 0.25) is 0 Å². The van der Waals surface area contributed by atoms with Crippen molar-refractivity contribution in [2.75, 3.05) is 12.4 Å². The Bertz CT molecular complexity index is 945. The molecular weight excluding hydrogens is 378 g/mol. The summed E-state index contributed by atoms with van der Waals surface area (Å²) >= 11 is 0. The van der Waals surface area contributed by atoms with Gasteiger partial charge >= 0.3 is 5.97 Å². The number of carbonyl (C=O) groups is 1. The predicted octanol–water partition coefficient (Wildman–Crippen LogP) is 1.43. The zero-order chi connectivity index (χ0) is 19.4. The summed E-state index contributed by atoms with van der Waals surface area (Å²) in [5.41, 5.74) is 2.09. The molecule has 0 aromatic heterocycles. The SMILES string of the molecule is C=C(C)C(=O)OCCCS(=O)(=O)NS(=O)(=O)C1=CCc2ccccc2C1. The molecule has 0 aliphatic heterocycles. The summed E-state index contributed by atoms with van der Waals surface area (Å²) in [6.07, 6.45) is 2.08. The molecule has 2 rings (SSSR count). The Morgan fingerprint density at radius 1 is 1.19 bits per heavy atom. The standard InChI is InChI=1S/C17H21NO6S2/c1-13(2)17(19)24-10-5-11-25(20,21)18-26(22,23)16-9-8-14-6-3-4-7-15(14)12-16/h3-4,6-7,9,18H,1,5,8,10-12H2,2H3. The maximum absolute atomic E-state index is 12.4. The molecule has 7 nitrogen and oxygen atoms in total.